The van der Waals surface area contributed by atoms with Crippen molar-refractivity contribution in [3.05, 3.63) is 23.3 Å². The van der Waals surface area contributed by atoms with Gasteiger partial charge in [-0.05, 0) is 61.2 Å². The average Bonchev–Trinajstić information content (AvgIpc) is 2.88. The number of esters is 1. The third-order valence-corrected chi connectivity index (χ3v) is 3.70. The summed E-state index contributed by atoms with van der Waals surface area (Å²) >= 11 is 1.18. The lowest BCUT2D eigenvalue weighted by molar-refractivity contribution is -0.145. The highest BCUT2D eigenvalue weighted by molar-refractivity contribution is 8.03. The third kappa shape index (κ3) is 3.21. The smallest absolute Gasteiger partial charge is 0.344 e. The molecule has 0 aliphatic heterocycles. The van der Waals surface area contributed by atoms with E-state index < -0.39 is 0 Å². The number of nitriles is 1. The minimum absolute atomic E-state index is 0.0645. The third-order valence-electron chi connectivity index (χ3n) is 3.01. The van der Waals surface area contributed by atoms with Crippen molar-refractivity contribution in [1.82, 2.24) is 0 Å². The van der Waals surface area contributed by atoms with Crippen LogP contribution in [0.4, 0.5) is 0 Å². The van der Waals surface area contributed by atoms with E-state index in [1.54, 1.807) is 6.92 Å². The Morgan fingerprint density at radius 3 is 2.95 bits per heavy atom. The molecule has 0 atom stereocenters. The molecule has 19 heavy (non-hydrogen) atoms. The number of thioether (sulfide) groups is 1. The number of carbonyl (C=O) groups is 1. The summed E-state index contributed by atoms with van der Waals surface area (Å²) in [5.74, 6) is 0.382. The van der Waals surface area contributed by atoms with E-state index in [-0.39, 0.29) is 12.6 Å². The maximum atomic E-state index is 11.3. The molecule has 2 rings (SSSR count). The number of hydrogen-bond donors (Lipinski definition) is 0. The van der Waals surface area contributed by atoms with Crippen molar-refractivity contribution in [1.29, 1.82) is 5.26 Å². The topological polar surface area (TPSA) is 59.3 Å². The van der Waals surface area contributed by atoms with E-state index in [0.717, 1.165) is 35.5 Å². The lowest BCUT2D eigenvalue weighted by Gasteiger charge is -2.12. The van der Waals surface area contributed by atoms with Crippen LogP contribution in [-0.4, -0.2) is 19.2 Å². The summed E-state index contributed by atoms with van der Waals surface area (Å²) < 4.78 is 10.4. The molecule has 0 amide bonds. The van der Waals surface area contributed by atoms with Crippen LogP contribution in [0.15, 0.2) is 17.0 Å². The molecule has 0 saturated carbocycles. The molecule has 0 bridgehead atoms. The normalized spacial score (nSPS) is 12.6. The first-order valence-electron chi connectivity index (χ1n) is 6.25. The standard InChI is InChI=1S/C14H15NO3S/c1-2-17-14(16)8-18-12-6-7-13(19-9-15)11-5-3-4-10(11)12/h6-7H,2-5,8H2,1H3. The van der Waals surface area contributed by atoms with Crippen molar-refractivity contribution in [2.75, 3.05) is 13.2 Å². The van der Waals surface area contributed by atoms with Crippen LogP contribution in [0.1, 0.15) is 24.5 Å². The molecular formula is C14H15NO3S. The molecule has 0 spiro atoms. The second kappa shape index (κ2) is 6.48. The first-order valence-corrected chi connectivity index (χ1v) is 7.07. The van der Waals surface area contributed by atoms with E-state index in [1.807, 2.05) is 12.1 Å². The van der Waals surface area contributed by atoms with Gasteiger partial charge in [-0.15, -0.1) is 0 Å². The van der Waals surface area contributed by atoms with Crippen molar-refractivity contribution in [2.24, 2.45) is 0 Å². The monoisotopic (exact) mass is 277 g/mol. The van der Waals surface area contributed by atoms with Gasteiger partial charge in [0.25, 0.3) is 0 Å². The van der Waals surface area contributed by atoms with E-state index in [4.69, 9.17) is 14.7 Å². The van der Waals surface area contributed by atoms with Crippen LogP contribution in [0, 0.1) is 10.7 Å². The molecule has 0 radical (unpaired) electrons. The van der Waals surface area contributed by atoms with Gasteiger partial charge in [-0.25, -0.2) is 4.79 Å². The van der Waals surface area contributed by atoms with E-state index in [1.165, 1.54) is 17.3 Å². The molecule has 5 heteroatoms. The molecule has 0 aromatic heterocycles. The Labute approximate surface area is 116 Å². The summed E-state index contributed by atoms with van der Waals surface area (Å²) in [5, 5.41) is 10.9. The SMILES string of the molecule is CCOC(=O)COc1ccc(SC#N)c2c1CCC2. The highest BCUT2D eigenvalue weighted by Crippen LogP contribution is 2.37. The fraction of sp³-hybridized carbons (Fsp3) is 0.429. The molecule has 4 nitrogen and oxygen atoms in total. The molecule has 1 aliphatic carbocycles. The Bertz CT molecular complexity index is 522. The summed E-state index contributed by atoms with van der Waals surface area (Å²) in [4.78, 5) is 12.3. The Morgan fingerprint density at radius 1 is 1.42 bits per heavy atom. The highest BCUT2D eigenvalue weighted by Gasteiger charge is 2.20. The predicted molar refractivity (Wildman–Crippen MR) is 72.1 cm³/mol. The van der Waals surface area contributed by atoms with Gasteiger partial charge >= 0.3 is 5.97 Å². The predicted octanol–water partition coefficient (Wildman–Crippen LogP) is 2.69. The van der Waals surface area contributed by atoms with E-state index in [2.05, 4.69) is 5.40 Å². The van der Waals surface area contributed by atoms with Crippen molar-refractivity contribution < 1.29 is 14.3 Å². The number of thiocyanates is 1. The zero-order valence-corrected chi connectivity index (χ0v) is 11.6. The number of carbonyl (C=O) groups excluding carboxylic acids is 1. The van der Waals surface area contributed by atoms with Crippen molar-refractivity contribution in [3.8, 4) is 11.2 Å². The van der Waals surface area contributed by atoms with Crippen molar-refractivity contribution >= 4 is 17.7 Å². The molecule has 1 aromatic carbocycles. The number of hydrogen-bond acceptors (Lipinski definition) is 5. The number of benzene rings is 1. The summed E-state index contributed by atoms with van der Waals surface area (Å²) in [6, 6.07) is 3.72. The number of nitrogens with zero attached hydrogens (tertiary/aromatic N) is 1. The van der Waals surface area contributed by atoms with Crippen LogP contribution < -0.4 is 4.74 Å². The lowest BCUT2D eigenvalue weighted by Crippen LogP contribution is -2.15. The Balaban J connectivity index is 2.13. The first kappa shape index (κ1) is 13.8. The van der Waals surface area contributed by atoms with Gasteiger partial charge in [0.05, 0.1) is 6.61 Å². The second-order valence-corrected chi connectivity index (χ2v) is 4.99. The van der Waals surface area contributed by atoms with Crippen LogP contribution >= 0.6 is 11.8 Å². The van der Waals surface area contributed by atoms with E-state index >= 15 is 0 Å². The van der Waals surface area contributed by atoms with Crippen LogP contribution in [0.2, 0.25) is 0 Å². The summed E-state index contributed by atoms with van der Waals surface area (Å²) in [7, 11) is 0. The number of ether oxygens (including phenoxy) is 2. The zero-order valence-electron chi connectivity index (χ0n) is 10.8. The maximum Gasteiger partial charge on any atom is 0.344 e. The van der Waals surface area contributed by atoms with Gasteiger partial charge in [0.2, 0.25) is 0 Å². The van der Waals surface area contributed by atoms with E-state index in [9.17, 15) is 4.79 Å². The summed E-state index contributed by atoms with van der Waals surface area (Å²) in [6.45, 7) is 2.06. The van der Waals surface area contributed by atoms with Crippen LogP contribution in [0.25, 0.3) is 0 Å². The number of rotatable bonds is 5. The molecule has 0 fully saturated rings. The second-order valence-electron chi connectivity index (χ2n) is 4.16. The molecule has 0 saturated heterocycles. The Hall–Kier alpha value is -1.67. The van der Waals surface area contributed by atoms with Crippen molar-refractivity contribution in [3.63, 3.8) is 0 Å². The van der Waals surface area contributed by atoms with Gasteiger partial charge in [-0.1, -0.05) is 0 Å². The van der Waals surface area contributed by atoms with Gasteiger partial charge in [-0.2, -0.15) is 5.26 Å². The zero-order chi connectivity index (χ0) is 13.7. The van der Waals surface area contributed by atoms with Gasteiger partial charge in [0, 0.05) is 4.90 Å². The summed E-state index contributed by atoms with van der Waals surface area (Å²) in [5.41, 5.74) is 2.32. The quantitative estimate of drug-likeness (QED) is 0.470. The highest BCUT2D eigenvalue weighted by atomic mass is 32.2. The molecule has 1 aliphatic rings. The average molecular weight is 277 g/mol. The Kier molecular flexibility index (Phi) is 4.69. The van der Waals surface area contributed by atoms with Gasteiger partial charge < -0.3 is 9.47 Å². The lowest BCUT2D eigenvalue weighted by atomic mass is 10.1. The van der Waals surface area contributed by atoms with Gasteiger partial charge in [0.1, 0.15) is 11.2 Å². The fourth-order valence-electron chi connectivity index (χ4n) is 2.26. The largest absolute Gasteiger partial charge is 0.482 e. The van der Waals surface area contributed by atoms with Gasteiger partial charge in [-0.3, -0.25) is 0 Å². The minimum Gasteiger partial charge on any atom is -0.482 e. The minimum atomic E-state index is -0.357. The first-order chi connectivity index (χ1) is 9.26. The van der Waals surface area contributed by atoms with Crippen molar-refractivity contribution in [2.45, 2.75) is 31.1 Å². The molecule has 0 unspecified atom stereocenters. The molecule has 0 N–H and O–H groups in total. The molecule has 0 heterocycles. The van der Waals surface area contributed by atoms with Crippen LogP contribution in [-0.2, 0) is 22.4 Å². The molecule has 1 aromatic rings. The summed E-state index contributed by atoms with van der Waals surface area (Å²) in [6.07, 6.45) is 2.97. The number of fused-ring (bicyclic) bond motifs is 1. The maximum absolute atomic E-state index is 11.3. The molecular weight excluding hydrogens is 262 g/mol. The molecule has 100 valence electrons. The van der Waals surface area contributed by atoms with Crippen LogP contribution in [0.3, 0.4) is 0 Å². The van der Waals surface area contributed by atoms with Gasteiger partial charge in [0.15, 0.2) is 6.61 Å². The Morgan fingerprint density at radius 2 is 2.21 bits per heavy atom. The fourth-order valence-corrected chi connectivity index (χ4v) is 2.84. The van der Waals surface area contributed by atoms with E-state index in [0.29, 0.717) is 6.61 Å². The van der Waals surface area contributed by atoms with Crippen LogP contribution in [0.5, 0.6) is 5.75 Å².